The summed E-state index contributed by atoms with van der Waals surface area (Å²) in [5, 5.41) is 5.24. The Morgan fingerprint density at radius 3 is 2.48 bits per heavy atom. The van der Waals surface area contributed by atoms with E-state index in [0.717, 1.165) is 16.7 Å². The second-order valence-electron chi connectivity index (χ2n) is 5.65. The van der Waals surface area contributed by atoms with Gasteiger partial charge in [0.15, 0.2) is 0 Å². The summed E-state index contributed by atoms with van der Waals surface area (Å²) in [6.45, 7) is -0.124. The average Bonchev–Trinajstić information content (AvgIpc) is 2.94. The van der Waals surface area contributed by atoms with Gasteiger partial charge in [-0.2, -0.15) is 0 Å². The van der Waals surface area contributed by atoms with Crippen molar-refractivity contribution in [2.75, 3.05) is 6.54 Å². The number of pyridine rings is 1. The van der Waals surface area contributed by atoms with Gasteiger partial charge < -0.3 is 5.32 Å². The number of hydrogen-bond donors (Lipinski definition) is 2. The van der Waals surface area contributed by atoms with Crippen LogP contribution in [0.3, 0.4) is 0 Å². The van der Waals surface area contributed by atoms with Crippen molar-refractivity contribution in [3.05, 3.63) is 54.4 Å². The summed E-state index contributed by atoms with van der Waals surface area (Å²) in [6, 6.07) is 10.7. The molecule has 3 rings (SSSR count). The van der Waals surface area contributed by atoms with Crippen LogP contribution in [0.4, 0.5) is 8.78 Å². The average molecular weight is 390 g/mol. The van der Waals surface area contributed by atoms with Crippen LogP contribution >= 0.6 is 24.8 Å². The second kappa shape index (κ2) is 9.08. The smallest absolute Gasteiger partial charge is 0.262 e. The highest BCUT2D eigenvalue weighted by atomic mass is 35.5. The predicted octanol–water partition coefficient (Wildman–Crippen LogP) is 3.21. The van der Waals surface area contributed by atoms with Crippen molar-refractivity contribution < 1.29 is 13.6 Å². The SMILES string of the molecule is Cl.Cl.O=C(NCc1ccc(-c2cccnc2)cc1)C1CC(F)(F)CN1. The van der Waals surface area contributed by atoms with Gasteiger partial charge in [0.1, 0.15) is 0 Å². The molecule has 0 aliphatic carbocycles. The van der Waals surface area contributed by atoms with Crippen molar-refractivity contribution >= 4 is 30.7 Å². The molecule has 2 N–H and O–H groups in total. The van der Waals surface area contributed by atoms with E-state index in [1.54, 1.807) is 12.4 Å². The Morgan fingerprint density at radius 2 is 1.92 bits per heavy atom. The second-order valence-corrected chi connectivity index (χ2v) is 5.65. The third-order valence-electron chi connectivity index (χ3n) is 3.84. The predicted molar refractivity (Wildman–Crippen MR) is 97.4 cm³/mol. The monoisotopic (exact) mass is 389 g/mol. The Hall–Kier alpha value is -1.76. The van der Waals surface area contributed by atoms with E-state index in [1.807, 2.05) is 36.4 Å². The molecule has 1 aromatic heterocycles. The van der Waals surface area contributed by atoms with E-state index in [-0.39, 0.29) is 24.8 Å². The molecular weight excluding hydrogens is 371 g/mol. The summed E-state index contributed by atoms with van der Waals surface area (Å²) in [4.78, 5) is 16.0. The van der Waals surface area contributed by atoms with Gasteiger partial charge in [-0.15, -0.1) is 24.8 Å². The van der Waals surface area contributed by atoms with Crippen LogP contribution in [-0.4, -0.2) is 29.4 Å². The number of nitrogens with zero attached hydrogens (tertiary/aromatic N) is 1. The van der Waals surface area contributed by atoms with E-state index < -0.39 is 30.8 Å². The maximum atomic E-state index is 13.1. The van der Waals surface area contributed by atoms with Gasteiger partial charge in [0.25, 0.3) is 5.92 Å². The quantitative estimate of drug-likeness (QED) is 0.843. The van der Waals surface area contributed by atoms with Gasteiger partial charge in [0.05, 0.1) is 12.6 Å². The first-order chi connectivity index (χ1) is 11.0. The van der Waals surface area contributed by atoms with Crippen LogP contribution in [-0.2, 0) is 11.3 Å². The summed E-state index contributed by atoms with van der Waals surface area (Å²) in [6.07, 6.45) is 3.05. The van der Waals surface area contributed by atoms with Gasteiger partial charge in [0.2, 0.25) is 5.91 Å². The minimum atomic E-state index is -2.80. The summed E-state index contributed by atoms with van der Waals surface area (Å²) < 4.78 is 26.2. The summed E-state index contributed by atoms with van der Waals surface area (Å²) in [5.41, 5.74) is 2.96. The molecule has 0 radical (unpaired) electrons. The fraction of sp³-hybridized carbons (Fsp3) is 0.294. The standard InChI is InChI=1S/C17H17F2N3O.2ClH/c18-17(19)8-15(22-11-17)16(23)21-9-12-3-5-13(6-4-12)14-2-1-7-20-10-14;;/h1-7,10,15,22H,8-9,11H2,(H,21,23);2*1H. The van der Waals surface area contributed by atoms with Crippen LogP contribution in [0.2, 0.25) is 0 Å². The lowest BCUT2D eigenvalue weighted by Crippen LogP contribution is -2.40. The van der Waals surface area contributed by atoms with E-state index in [9.17, 15) is 13.6 Å². The Bertz CT molecular complexity index is 684. The Labute approximate surface area is 157 Å². The molecule has 0 spiro atoms. The van der Waals surface area contributed by atoms with Crippen molar-refractivity contribution in [1.29, 1.82) is 0 Å². The number of benzene rings is 1. The topological polar surface area (TPSA) is 54.0 Å². The number of alkyl halides is 2. The van der Waals surface area contributed by atoms with Crippen LogP contribution < -0.4 is 10.6 Å². The fourth-order valence-electron chi connectivity index (χ4n) is 2.56. The third kappa shape index (κ3) is 5.63. The van der Waals surface area contributed by atoms with E-state index in [0.29, 0.717) is 6.54 Å². The summed E-state index contributed by atoms with van der Waals surface area (Å²) in [5.74, 6) is -3.19. The fourth-order valence-corrected chi connectivity index (χ4v) is 2.56. The van der Waals surface area contributed by atoms with Crippen molar-refractivity contribution in [3.63, 3.8) is 0 Å². The van der Waals surface area contributed by atoms with Crippen LogP contribution in [0.25, 0.3) is 11.1 Å². The van der Waals surface area contributed by atoms with Crippen molar-refractivity contribution in [2.24, 2.45) is 0 Å². The lowest BCUT2D eigenvalue weighted by molar-refractivity contribution is -0.123. The lowest BCUT2D eigenvalue weighted by Gasteiger charge is -2.11. The molecule has 1 unspecified atom stereocenters. The molecule has 25 heavy (non-hydrogen) atoms. The van der Waals surface area contributed by atoms with Crippen LogP contribution in [0, 0.1) is 0 Å². The number of carbonyl (C=O) groups is 1. The number of carbonyl (C=O) groups excluding carboxylic acids is 1. The molecule has 1 atom stereocenters. The molecule has 1 aromatic carbocycles. The van der Waals surface area contributed by atoms with Crippen LogP contribution in [0.15, 0.2) is 48.8 Å². The third-order valence-corrected chi connectivity index (χ3v) is 3.84. The molecule has 4 nitrogen and oxygen atoms in total. The zero-order chi connectivity index (χ0) is 16.3. The Morgan fingerprint density at radius 1 is 1.20 bits per heavy atom. The van der Waals surface area contributed by atoms with Gasteiger partial charge in [-0.25, -0.2) is 8.78 Å². The molecule has 0 saturated carbocycles. The van der Waals surface area contributed by atoms with Crippen LogP contribution in [0.1, 0.15) is 12.0 Å². The molecule has 1 amide bonds. The molecular formula is C17H19Cl2F2N3O. The van der Waals surface area contributed by atoms with Crippen molar-refractivity contribution in [1.82, 2.24) is 15.6 Å². The largest absolute Gasteiger partial charge is 0.351 e. The molecule has 2 aromatic rings. The van der Waals surface area contributed by atoms with E-state index >= 15 is 0 Å². The van der Waals surface area contributed by atoms with Crippen LogP contribution in [0.5, 0.6) is 0 Å². The number of hydrogen-bond acceptors (Lipinski definition) is 3. The number of amides is 1. The first-order valence-corrected chi connectivity index (χ1v) is 7.42. The normalized spacial score (nSPS) is 17.9. The minimum Gasteiger partial charge on any atom is -0.351 e. The number of halogens is 4. The first kappa shape index (κ1) is 21.3. The Balaban J connectivity index is 0.00000156. The highest BCUT2D eigenvalue weighted by Crippen LogP contribution is 2.25. The first-order valence-electron chi connectivity index (χ1n) is 7.42. The summed E-state index contributed by atoms with van der Waals surface area (Å²) in [7, 11) is 0. The van der Waals surface area contributed by atoms with Gasteiger partial charge >= 0.3 is 0 Å². The molecule has 136 valence electrons. The number of rotatable bonds is 4. The van der Waals surface area contributed by atoms with E-state index in [4.69, 9.17) is 0 Å². The van der Waals surface area contributed by atoms with Gasteiger partial charge in [-0.3, -0.25) is 15.1 Å². The van der Waals surface area contributed by atoms with E-state index in [1.165, 1.54) is 0 Å². The highest BCUT2D eigenvalue weighted by Gasteiger charge is 2.42. The lowest BCUT2D eigenvalue weighted by atomic mass is 10.1. The molecule has 1 aliphatic rings. The molecule has 1 saturated heterocycles. The molecule has 2 heterocycles. The van der Waals surface area contributed by atoms with Crippen molar-refractivity contribution in [3.8, 4) is 11.1 Å². The molecule has 8 heteroatoms. The summed E-state index contributed by atoms with van der Waals surface area (Å²) >= 11 is 0. The van der Waals surface area contributed by atoms with Crippen molar-refractivity contribution in [2.45, 2.75) is 24.9 Å². The molecule has 0 bridgehead atoms. The van der Waals surface area contributed by atoms with Gasteiger partial charge in [-0.1, -0.05) is 30.3 Å². The maximum absolute atomic E-state index is 13.1. The number of nitrogens with one attached hydrogen (secondary N) is 2. The molecule has 1 fully saturated rings. The Kier molecular flexibility index (Phi) is 7.73. The van der Waals surface area contributed by atoms with Gasteiger partial charge in [-0.05, 0) is 22.8 Å². The minimum absolute atomic E-state index is 0. The van der Waals surface area contributed by atoms with Gasteiger partial charge in [0, 0.05) is 25.4 Å². The maximum Gasteiger partial charge on any atom is 0.262 e. The van der Waals surface area contributed by atoms with E-state index in [2.05, 4.69) is 15.6 Å². The highest BCUT2D eigenvalue weighted by molar-refractivity contribution is 5.85. The zero-order valence-electron chi connectivity index (χ0n) is 13.2. The molecule has 1 aliphatic heterocycles. The number of aromatic nitrogens is 1. The zero-order valence-corrected chi connectivity index (χ0v) is 14.9.